The van der Waals surface area contributed by atoms with Crippen molar-refractivity contribution >= 4 is 55.2 Å². The summed E-state index contributed by atoms with van der Waals surface area (Å²) in [6, 6.07) is 11.8. The molecule has 3 rings (SSSR count). The van der Waals surface area contributed by atoms with E-state index in [0.29, 0.717) is 23.5 Å². The number of rotatable bonds is 6. The number of nitro benzene ring substituents is 1. The summed E-state index contributed by atoms with van der Waals surface area (Å²) in [5.41, 5.74) is 1.67. The number of amides is 1. The van der Waals surface area contributed by atoms with Gasteiger partial charge in [0.05, 0.1) is 21.7 Å². The molecule has 1 heterocycles. The first-order chi connectivity index (χ1) is 13.5. The molecule has 0 fully saturated rings. The Kier molecular flexibility index (Phi) is 6.50. The lowest BCUT2D eigenvalue weighted by atomic mass is 10.2. The van der Waals surface area contributed by atoms with Gasteiger partial charge in [-0.25, -0.2) is 0 Å². The second-order valence-corrected chi connectivity index (χ2v) is 7.70. The molecular weight excluding hydrogens is 446 g/mol. The first kappa shape index (κ1) is 20.1. The summed E-state index contributed by atoms with van der Waals surface area (Å²) in [4.78, 5) is 27.3. The molecule has 0 saturated heterocycles. The minimum absolute atomic E-state index is 0.00350. The number of methoxy groups -OCH3 is 1. The lowest BCUT2D eigenvalue weighted by Gasteiger charge is -2.03. The largest absolute Gasteiger partial charge is 0.383 e. The Balaban J connectivity index is 1.89. The Labute approximate surface area is 172 Å². The van der Waals surface area contributed by atoms with Crippen molar-refractivity contribution in [3.8, 4) is 0 Å². The number of thiazole rings is 1. The molecule has 0 saturated carbocycles. The standard InChI is InChI=1S/C19H16BrN3O4S/c1-27-11-10-22-16-8-5-14(20)12-17(16)28-19(22)21-18(24)9-4-13-2-6-15(7-3-13)23(25)26/h2-9,12H,10-11H2,1H3. The molecule has 144 valence electrons. The molecule has 0 bridgehead atoms. The summed E-state index contributed by atoms with van der Waals surface area (Å²) < 4.78 is 9.08. The van der Waals surface area contributed by atoms with Gasteiger partial charge in [-0.2, -0.15) is 4.99 Å². The van der Waals surface area contributed by atoms with Crippen molar-refractivity contribution in [2.75, 3.05) is 13.7 Å². The Morgan fingerprint density at radius 2 is 2.07 bits per heavy atom. The van der Waals surface area contributed by atoms with E-state index >= 15 is 0 Å². The first-order valence-corrected chi connectivity index (χ1v) is 9.88. The maximum atomic E-state index is 12.3. The fourth-order valence-corrected chi connectivity index (χ4v) is 4.15. The molecule has 0 radical (unpaired) electrons. The van der Waals surface area contributed by atoms with Crippen molar-refractivity contribution in [2.24, 2.45) is 4.99 Å². The van der Waals surface area contributed by atoms with Gasteiger partial charge in [-0.15, -0.1) is 0 Å². The van der Waals surface area contributed by atoms with E-state index in [1.807, 2.05) is 22.8 Å². The Hall–Kier alpha value is -2.62. The number of hydrogen-bond donors (Lipinski definition) is 0. The van der Waals surface area contributed by atoms with Gasteiger partial charge in [-0.1, -0.05) is 27.3 Å². The smallest absolute Gasteiger partial charge is 0.272 e. The van der Waals surface area contributed by atoms with Gasteiger partial charge in [0.15, 0.2) is 4.80 Å². The third kappa shape index (κ3) is 4.80. The predicted octanol–water partition coefficient (Wildman–Crippen LogP) is 4.16. The summed E-state index contributed by atoms with van der Waals surface area (Å²) in [7, 11) is 1.63. The molecular formula is C19H16BrN3O4S. The van der Waals surface area contributed by atoms with E-state index in [2.05, 4.69) is 20.9 Å². The molecule has 9 heteroatoms. The Morgan fingerprint density at radius 1 is 1.32 bits per heavy atom. The van der Waals surface area contributed by atoms with Gasteiger partial charge >= 0.3 is 0 Å². The van der Waals surface area contributed by atoms with Crippen molar-refractivity contribution in [3.63, 3.8) is 0 Å². The normalized spacial score (nSPS) is 12.1. The van der Waals surface area contributed by atoms with Crippen molar-refractivity contribution in [1.82, 2.24) is 4.57 Å². The van der Waals surface area contributed by atoms with E-state index in [1.165, 1.54) is 29.5 Å². The fourth-order valence-electron chi connectivity index (χ4n) is 2.54. The number of nitro groups is 1. The molecule has 0 aliphatic heterocycles. The van der Waals surface area contributed by atoms with Crippen LogP contribution in [0.1, 0.15) is 5.56 Å². The fraction of sp³-hybridized carbons (Fsp3) is 0.158. The van der Waals surface area contributed by atoms with Crippen molar-refractivity contribution in [3.05, 3.63) is 73.5 Å². The van der Waals surface area contributed by atoms with Crippen LogP contribution in [0, 0.1) is 10.1 Å². The predicted molar refractivity (Wildman–Crippen MR) is 112 cm³/mol. The number of fused-ring (bicyclic) bond motifs is 1. The van der Waals surface area contributed by atoms with E-state index in [1.54, 1.807) is 25.3 Å². The molecule has 0 atom stereocenters. The molecule has 1 amide bonds. The molecule has 0 aliphatic rings. The van der Waals surface area contributed by atoms with E-state index in [0.717, 1.165) is 14.7 Å². The van der Waals surface area contributed by atoms with Crippen LogP contribution in [-0.4, -0.2) is 29.1 Å². The van der Waals surface area contributed by atoms with Gasteiger partial charge in [0.2, 0.25) is 0 Å². The molecule has 0 spiro atoms. The number of aromatic nitrogens is 1. The van der Waals surface area contributed by atoms with E-state index in [-0.39, 0.29) is 5.69 Å². The van der Waals surface area contributed by atoms with Crippen LogP contribution in [0.4, 0.5) is 5.69 Å². The van der Waals surface area contributed by atoms with Crippen LogP contribution in [0.3, 0.4) is 0 Å². The van der Waals surface area contributed by atoms with Gasteiger partial charge in [0, 0.05) is 36.3 Å². The number of non-ortho nitro benzene ring substituents is 1. The molecule has 7 nitrogen and oxygen atoms in total. The second kappa shape index (κ2) is 9.05. The lowest BCUT2D eigenvalue weighted by molar-refractivity contribution is -0.384. The number of hydrogen-bond acceptors (Lipinski definition) is 5. The highest BCUT2D eigenvalue weighted by molar-refractivity contribution is 9.10. The van der Waals surface area contributed by atoms with Crippen molar-refractivity contribution in [1.29, 1.82) is 0 Å². The monoisotopic (exact) mass is 461 g/mol. The first-order valence-electron chi connectivity index (χ1n) is 8.27. The Morgan fingerprint density at radius 3 is 2.75 bits per heavy atom. The zero-order valence-corrected chi connectivity index (χ0v) is 17.3. The highest BCUT2D eigenvalue weighted by Gasteiger charge is 2.08. The summed E-state index contributed by atoms with van der Waals surface area (Å²) in [6.07, 6.45) is 2.93. The number of halogens is 1. The van der Waals surface area contributed by atoms with Crippen LogP contribution in [-0.2, 0) is 16.1 Å². The number of carbonyl (C=O) groups is 1. The van der Waals surface area contributed by atoms with E-state index in [4.69, 9.17) is 4.74 Å². The quantitative estimate of drug-likeness (QED) is 0.313. The molecule has 3 aromatic rings. The van der Waals surface area contributed by atoms with Crippen LogP contribution in [0.2, 0.25) is 0 Å². The third-order valence-electron chi connectivity index (χ3n) is 3.89. The Bertz CT molecular complexity index is 1120. The second-order valence-electron chi connectivity index (χ2n) is 5.77. The maximum Gasteiger partial charge on any atom is 0.272 e. The summed E-state index contributed by atoms with van der Waals surface area (Å²) in [6.45, 7) is 1.08. The SMILES string of the molecule is COCCn1c(=NC(=O)C=Cc2ccc([N+](=O)[O-])cc2)sc2cc(Br)ccc21. The summed E-state index contributed by atoms with van der Waals surface area (Å²) in [5.74, 6) is -0.407. The number of ether oxygens (including phenoxy) is 1. The van der Waals surface area contributed by atoms with Crippen molar-refractivity contribution in [2.45, 2.75) is 6.54 Å². The van der Waals surface area contributed by atoms with Crippen molar-refractivity contribution < 1.29 is 14.5 Å². The molecule has 2 aromatic carbocycles. The molecule has 28 heavy (non-hydrogen) atoms. The topological polar surface area (TPSA) is 86.7 Å². The summed E-state index contributed by atoms with van der Waals surface area (Å²) in [5, 5.41) is 10.7. The van der Waals surface area contributed by atoms with Crippen LogP contribution in [0.25, 0.3) is 16.3 Å². The minimum atomic E-state index is -0.466. The number of nitrogens with zero attached hydrogens (tertiary/aromatic N) is 3. The van der Waals surface area contributed by atoms with Crippen LogP contribution < -0.4 is 4.80 Å². The van der Waals surface area contributed by atoms with Crippen LogP contribution in [0.15, 0.2) is 58.0 Å². The van der Waals surface area contributed by atoms with Gasteiger partial charge in [0.1, 0.15) is 0 Å². The average Bonchev–Trinajstić information content (AvgIpc) is 3.00. The highest BCUT2D eigenvalue weighted by atomic mass is 79.9. The average molecular weight is 462 g/mol. The lowest BCUT2D eigenvalue weighted by Crippen LogP contribution is -2.18. The van der Waals surface area contributed by atoms with Crippen LogP contribution in [0.5, 0.6) is 0 Å². The highest BCUT2D eigenvalue weighted by Crippen LogP contribution is 2.22. The van der Waals surface area contributed by atoms with E-state index < -0.39 is 10.8 Å². The van der Waals surface area contributed by atoms with E-state index in [9.17, 15) is 14.9 Å². The molecule has 1 aromatic heterocycles. The summed E-state index contributed by atoms with van der Waals surface area (Å²) >= 11 is 4.88. The van der Waals surface area contributed by atoms with Gasteiger partial charge < -0.3 is 9.30 Å². The van der Waals surface area contributed by atoms with Gasteiger partial charge in [0.25, 0.3) is 11.6 Å². The molecule has 0 N–H and O–H groups in total. The van der Waals surface area contributed by atoms with Crippen LogP contribution >= 0.6 is 27.3 Å². The minimum Gasteiger partial charge on any atom is -0.383 e. The maximum absolute atomic E-state index is 12.3. The number of benzene rings is 2. The molecule has 0 aliphatic carbocycles. The zero-order chi connectivity index (χ0) is 20.1. The van der Waals surface area contributed by atoms with Gasteiger partial charge in [-0.3, -0.25) is 14.9 Å². The third-order valence-corrected chi connectivity index (χ3v) is 5.43. The van der Waals surface area contributed by atoms with Gasteiger partial charge in [-0.05, 0) is 42.0 Å². The zero-order valence-electron chi connectivity index (χ0n) is 14.9. The number of carbonyl (C=O) groups excluding carboxylic acids is 1. The molecule has 0 unspecified atom stereocenters.